The van der Waals surface area contributed by atoms with Gasteiger partial charge >= 0.3 is 0 Å². The van der Waals surface area contributed by atoms with Gasteiger partial charge in [-0.3, -0.25) is 0 Å². The van der Waals surface area contributed by atoms with Gasteiger partial charge in [0.2, 0.25) is 0 Å². The van der Waals surface area contributed by atoms with E-state index in [9.17, 15) is 0 Å². The summed E-state index contributed by atoms with van der Waals surface area (Å²) in [6.45, 7) is 2.16. The molecule has 2 aromatic heterocycles. The van der Waals surface area contributed by atoms with Crippen molar-refractivity contribution in [2.24, 2.45) is 7.05 Å². The van der Waals surface area contributed by atoms with E-state index in [1.54, 1.807) is 0 Å². The molecule has 0 amide bonds. The van der Waals surface area contributed by atoms with Gasteiger partial charge in [-0.15, -0.1) is 11.3 Å². The van der Waals surface area contributed by atoms with Gasteiger partial charge in [-0.25, -0.2) is 9.55 Å². The fraction of sp³-hybridized carbons (Fsp3) is 0.0952. The zero-order valence-corrected chi connectivity index (χ0v) is 14.4. The number of fused-ring (bicyclic) bond motifs is 5. The Hall–Kier alpha value is -2.65. The van der Waals surface area contributed by atoms with Crippen molar-refractivity contribution in [1.29, 1.82) is 0 Å². The Labute approximate surface area is 144 Å². The predicted molar refractivity (Wildman–Crippen MR) is 103 cm³/mol. The SMILES string of the molecule is Cc1ccccc1-c1[nH]c2c3sc4ccccc4c3ccc2[n+]1C. The topological polar surface area (TPSA) is 19.7 Å². The standard InChI is InChI=1S/C21H16N2S/c1-13-7-3-4-8-14(13)21-22-19-17(23(21)2)12-11-16-15-9-5-6-10-18(15)24-20(16)19/h3-12H,1-2H3/p+1. The summed E-state index contributed by atoms with van der Waals surface area (Å²) < 4.78 is 4.94. The number of hydrogen-bond acceptors (Lipinski definition) is 1. The first-order valence-corrected chi connectivity index (χ1v) is 8.93. The van der Waals surface area contributed by atoms with Crippen LogP contribution in [0.4, 0.5) is 0 Å². The van der Waals surface area contributed by atoms with Crippen LogP contribution in [0.3, 0.4) is 0 Å². The van der Waals surface area contributed by atoms with E-state index < -0.39 is 0 Å². The lowest BCUT2D eigenvalue weighted by Gasteiger charge is -1.99. The van der Waals surface area contributed by atoms with E-state index in [1.807, 2.05) is 11.3 Å². The van der Waals surface area contributed by atoms with Crippen LogP contribution in [0, 0.1) is 6.92 Å². The number of benzene rings is 3. The highest BCUT2D eigenvalue weighted by molar-refractivity contribution is 7.26. The summed E-state index contributed by atoms with van der Waals surface area (Å²) in [6, 6.07) is 21.7. The molecule has 0 unspecified atom stereocenters. The second-order valence-corrected chi connectivity index (χ2v) is 7.33. The molecule has 0 saturated carbocycles. The fourth-order valence-corrected chi connectivity index (χ4v) is 4.79. The van der Waals surface area contributed by atoms with Gasteiger partial charge < -0.3 is 0 Å². The molecule has 0 aliphatic heterocycles. The predicted octanol–water partition coefficient (Wildman–Crippen LogP) is 5.34. The Morgan fingerprint density at radius 1 is 0.875 bits per heavy atom. The number of H-pyrrole nitrogens is 1. The average molecular weight is 329 g/mol. The Balaban J connectivity index is 1.91. The van der Waals surface area contributed by atoms with Crippen molar-refractivity contribution in [3.8, 4) is 11.4 Å². The highest BCUT2D eigenvalue weighted by Gasteiger charge is 2.21. The molecule has 0 aliphatic rings. The molecule has 5 rings (SSSR count). The smallest absolute Gasteiger partial charge is 0.235 e. The van der Waals surface area contributed by atoms with Gasteiger partial charge in [0.15, 0.2) is 11.0 Å². The number of nitrogens with one attached hydrogen (secondary N) is 1. The molecular weight excluding hydrogens is 312 g/mol. The summed E-state index contributed by atoms with van der Waals surface area (Å²) in [6.07, 6.45) is 0. The number of rotatable bonds is 1. The first-order chi connectivity index (χ1) is 11.7. The number of aryl methyl sites for hydroxylation is 2. The van der Waals surface area contributed by atoms with Crippen LogP contribution in [-0.2, 0) is 7.05 Å². The summed E-state index contributed by atoms with van der Waals surface area (Å²) >= 11 is 1.87. The van der Waals surface area contributed by atoms with Crippen molar-refractivity contribution in [3.05, 3.63) is 66.2 Å². The molecule has 24 heavy (non-hydrogen) atoms. The van der Waals surface area contributed by atoms with Gasteiger partial charge in [0.05, 0.1) is 17.3 Å². The third-order valence-electron chi connectivity index (χ3n) is 4.87. The second-order valence-electron chi connectivity index (χ2n) is 6.28. The summed E-state index contributed by atoms with van der Waals surface area (Å²) in [5, 5.41) is 2.68. The molecule has 1 N–H and O–H groups in total. The van der Waals surface area contributed by atoms with E-state index in [2.05, 4.69) is 84.2 Å². The van der Waals surface area contributed by atoms with E-state index in [4.69, 9.17) is 0 Å². The van der Waals surface area contributed by atoms with Crippen LogP contribution in [0.2, 0.25) is 0 Å². The highest BCUT2D eigenvalue weighted by atomic mass is 32.1. The van der Waals surface area contributed by atoms with E-state index in [0.29, 0.717) is 0 Å². The molecule has 0 atom stereocenters. The summed E-state index contributed by atoms with van der Waals surface area (Å²) in [5.41, 5.74) is 5.01. The average Bonchev–Trinajstić information content (AvgIpc) is 3.14. The van der Waals surface area contributed by atoms with E-state index in [1.165, 1.54) is 42.3 Å². The maximum Gasteiger partial charge on any atom is 0.287 e. The Kier molecular flexibility index (Phi) is 2.82. The largest absolute Gasteiger partial charge is 0.287 e. The third-order valence-corrected chi connectivity index (χ3v) is 6.07. The van der Waals surface area contributed by atoms with Crippen molar-refractivity contribution < 1.29 is 4.57 Å². The Bertz CT molecular complexity index is 1230. The van der Waals surface area contributed by atoms with Gasteiger partial charge in [-0.2, -0.15) is 0 Å². The number of aromatic amines is 1. The van der Waals surface area contributed by atoms with Gasteiger partial charge in [0.1, 0.15) is 0 Å². The van der Waals surface area contributed by atoms with Crippen LogP contribution in [0.25, 0.3) is 42.6 Å². The third kappa shape index (κ3) is 1.79. The normalized spacial score (nSPS) is 11.8. The van der Waals surface area contributed by atoms with Crippen molar-refractivity contribution in [2.75, 3.05) is 0 Å². The van der Waals surface area contributed by atoms with Gasteiger partial charge in [0, 0.05) is 15.5 Å². The van der Waals surface area contributed by atoms with Gasteiger partial charge in [-0.1, -0.05) is 36.4 Å². The summed E-state index contributed by atoms with van der Waals surface area (Å²) in [4.78, 5) is 3.70. The maximum absolute atomic E-state index is 3.70. The molecule has 2 nitrogen and oxygen atoms in total. The number of nitrogens with zero attached hydrogens (tertiary/aromatic N) is 1. The van der Waals surface area contributed by atoms with Crippen LogP contribution >= 0.6 is 11.3 Å². The monoisotopic (exact) mass is 329 g/mol. The van der Waals surface area contributed by atoms with E-state index in [-0.39, 0.29) is 0 Å². The Morgan fingerprint density at radius 2 is 1.67 bits per heavy atom. The second kappa shape index (κ2) is 4.92. The molecule has 0 bridgehead atoms. The van der Waals surface area contributed by atoms with Crippen molar-refractivity contribution in [2.45, 2.75) is 6.92 Å². The minimum atomic E-state index is 1.16. The van der Waals surface area contributed by atoms with Crippen LogP contribution in [-0.4, -0.2) is 4.98 Å². The van der Waals surface area contributed by atoms with Crippen molar-refractivity contribution in [3.63, 3.8) is 0 Å². The first kappa shape index (κ1) is 13.8. The van der Waals surface area contributed by atoms with Crippen LogP contribution < -0.4 is 4.57 Å². The zero-order valence-electron chi connectivity index (χ0n) is 13.6. The summed E-state index contributed by atoms with van der Waals surface area (Å²) in [7, 11) is 2.14. The molecule has 116 valence electrons. The zero-order chi connectivity index (χ0) is 16.3. The lowest BCUT2D eigenvalue weighted by Crippen LogP contribution is -2.29. The van der Waals surface area contributed by atoms with E-state index >= 15 is 0 Å². The molecule has 3 aromatic carbocycles. The number of imidazole rings is 1. The lowest BCUT2D eigenvalue weighted by atomic mass is 10.1. The lowest BCUT2D eigenvalue weighted by molar-refractivity contribution is -0.633. The molecule has 5 aromatic rings. The summed E-state index contributed by atoms with van der Waals surface area (Å²) in [5.74, 6) is 1.16. The van der Waals surface area contributed by atoms with Gasteiger partial charge in [0.25, 0.3) is 5.82 Å². The number of aromatic nitrogens is 2. The Morgan fingerprint density at radius 3 is 2.54 bits per heavy atom. The van der Waals surface area contributed by atoms with Crippen molar-refractivity contribution in [1.82, 2.24) is 4.98 Å². The fourth-order valence-electron chi connectivity index (χ4n) is 3.59. The quantitative estimate of drug-likeness (QED) is 0.401. The first-order valence-electron chi connectivity index (χ1n) is 8.12. The van der Waals surface area contributed by atoms with Crippen LogP contribution in [0.5, 0.6) is 0 Å². The van der Waals surface area contributed by atoms with Crippen molar-refractivity contribution >= 4 is 42.5 Å². The molecule has 2 heterocycles. The molecule has 3 heteroatoms. The van der Waals surface area contributed by atoms with Gasteiger partial charge in [-0.05, 0) is 36.8 Å². The molecular formula is C21H17N2S+. The van der Waals surface area contributed by atoms with Crippen LogP contribution in [0.1, 0.15) is 5.56 Å². The number of thiophene rings is 1. The molecule has 0 aliphatic carbocycles. The maximum atomic E-state index is 3.70. The molecule has 0 spiro atoms. The minimum absolute atomic E-state index is 1.16. The number of hydrogen-bond donors (Lipinski definition) is 1. The minimum Gasteiger partial charge on any atom is -0.235 e. The molecule has 0 fully saturated rings. The molecule has 0 radical (unpaired) electrons. The van der Waals surface area contributed by atoms with E-state index in [0.717, 1.165) is 5.82 Å². The highest BCUT2D eigenvalue weighted by Crippen LogP contribution is 2.37. The molecule has 0 saturated heterocycles. The van der Waals surface area contributed by atoms with Crippen LogP contribution in [0.15, 0.2) is 60.7 Å².